The van der Waals surface area contributed by atoms with Crippen LogP contribution in [-0.2, 0) is 16.0 Å². The Balaban J connectivity index is 1.60. The standard InChI is InChI=1S/C19H28N2O4/c1-14-12-20(13-15(2)21(14)6-7-23-3)19(22)11-16-4-5-17-18(10-16)25-9-8-24-17/h4-5,10,14-15H,6-9,11-13H2,1-3H3. The fraction of sp³-hybridized carbons (Fsp3) is 0.632. The van der Waals surface area contributed by atoms with Gasteiger partial charge in [-0.05, 0) is 31.5 Å². The summed E-state index contributed by atoms with van der Waals surface area (Å²) in [4.78, 5) is 17.2. The van der Waals surface area contributed by atoms with Crippen LogP contribution < -0.4 is 9.47 Å². The van der Waals surface area contributed by atoms with Crippen LogP contribution in [0.5, 0.6) is 11.5 Å². The summed E-state index contributed by atoms with van der Waals surface area (Å²) >= 11 is 0. The second-order valence-electron chi connectivity index (χ2n) is 6.88. The van der Waals surface area contributed by atoms with E-state index in [2.05, 4.69) is 18.7 Å². The van der Waals surface area contributed by atoms with Gasteiger partial charge in [0.1, 0.15) is 13.2 Å². The van der Waals surface area contributed by atoms with Gasteiger partial charge in [-0.25, -0.2) is 0 Å². The maximum atomic E-state index is 12.8. The summed E-state index contributed by atoms with van der Waals surface area (Å²) in [5, 5.41) is 0. The van der Waals surface area contributed by atoms with Crippen molar-refractivity contribution in [3.8, 4) is 11.5 Å². The normalized spacial score (nSPS) is 23.6. The zero-order valence-electron chi connectivity index (χ0n) is 15.4. The summed E-state index contributed by atoms with van der Waals surface area (Å²) in [6.45, 7) is 8.64. The number of fused-ring (bicyclic) bond motifs is 1. The molecule has 1 saturated heterocycles. The second kappa shape index (κ2) is 8.06. The minimum Gasteiger partial charge on any atom is -0.486 e. The van der Waals surface area contributed by atoms with Gasteiger partial charge in [-0.3, -0.25) is 9.69 Å². The van der Waals surface area contributed by atoms with Gasteiger partial charge in [0.15, 0.2) is 11.5 Å². The van der Waals surface area contributed by atoms with Crippen molar-refractivity contribution in [2.24, 2.45) is 0 Å². The van der Waals surface area contributed by atoms with E-state index in [9.17, 15) is 4.79 Å². The van der Waals surface area contributed by atoms with Crippen molar-refractivity contribution in [3.63, 3.8) is 0 Å². The van der Waals surface area contributed by atoms with Crippen molar-refractivity contribution >= 4 is 5.91 Å². The molecule has 1 aromatic carbocycles. The molecule has 6 nitrogen and oxygen atoms in total. The number of nitrogens with zero attached hydrogens (tertiary/aromatic N) is 2. The van der Waals surface area contributed by atoms with E-state index in [0.29, 0.717) is 31.7 Å². The lowest BCUT2D eigenvalue weighted by Gasteiger charge is -2.44. The number of piperazine rings is 1. The van der Waals surface area contributed by atoms with Gasteiger partial charge >= 0.3 is 0 Å². The van der Waals surface area contributed by atoms with E-state index >= 15 is 0 Å². The van der Waals surface area contributed by atoms with Crippen molar-refractivity contribution < 1.29 is 19.0 Å². The molecule has 3 rings (SSSR count). The lowest BCUT2D eigenvalue weighted by molar-refractivity contribution is -0.135. The highest BCUT2D eigenvalue weighted by Gasteiger charge is 2.31. The van der Waals surface area contributed by atoms with Crippen molar-refractivity contribution in [2.45, 2.75) is 32.4 Å². The molecule has 2 aliphatic heterocycles. The zero-order chi connectivity index (χ0) is 17.8. The van der Waals surface area contributed by atoms with Crippen LogP contribution >= 0.6 is 0 Å². The number of rotatable bonds is 5. The Kier molecular flexibility index (Phi) is 5.81. The SMILES string of the molecule is COCCN1C(C)CN(C(=O)Cc2ccc3c(c2)OCCO3)CC1C. The van der Waals surface area contributed by atoms with Crippen LogP contribution in [0.2, 0.25) is 0 Å². The monoisotopic (exact) mass is 348 g/mol. The molecule has 1 fully saturated rings. The van der Waals surface area contributed by atoms with Crippen LogP contribution in [0.15, 0.2) is 18.2 Å². The quantitative estimate of drug-likeness (QED) is 0.808. The molecular formula is C19H28N2O4. The first-order valence-electron chi connectivity index (χ1n) is 8.99. The molecule has 0 aromatic heterocycles. The van der Waals surface area contributed by atoms with E-state index in [4.69, 9.17) is 14.2 Å². The minimum absolute atomic E-state index is 0.168. The Bertz CT molecular complexity index is 595. The van der Waals surface area contributed by atoms with Gasteiger partial charge in [0.25, 0.3) is 0 Å². The molecular weight excluding hydrogens is 320 g/mol. The van der Waals surface area contributed by atoms with Gasteiger partial charge in [-0.1, -0.05) is 6.07 Å². The van der Waals surface area contributed by atoms with Gasteiger partial charge in [0.2, 0.25) is 5.91 Å². The molecule has 6 heteroatoms. The molecule has 1 aromatic rings. The molecule has 25 heavy (non-hydrogen) atoms. The molecule has 0 aliphatic carbocycles. The first-order chi connectivity index (χ1) is 12.1. The van der Waals surface area contributed by atoms with E-state index in [0.717, 1.165) is 43.3 Å². The minimum atomic E-state index is 0.168. The van der Waals surface area contributed by atoms with Crippen molar-refractivity contribution in [1.29, 1.82) is 0 Å². The van der Waals surface area contributed by atoms with Gasteiger partial charge in [-0.2, -0.15) is 0 Å². The Morgan fingerprint density at radius 2 is 1.84 bits per heavy atom. The molecule has 1 amide bonds. The lowest BCUT2D eigenvalue weighted by Crippen LogP contribution is -2.58. The summed E-state index contributed by atoms with van der Waals surface area (Å²) in [6, 6.07) is 6.44. The average Bonchev–Trinajstić information content (AvgIpc) is 2.61. The van der Waals surface area contributed by atoms with Crippen LogP contribution in [0.4, 0.5) is 0 Å². The number of carbonyl (C=O) groups excluding carboxylic acids is 1. The van der Waals surface area contributed by atoms with Crippen LogP contribution in [0.1, 0.15) is 19.4 Å². The first-order valence-corrected chi connectivity index (χ1v) is 8.99. The van der Waals surface area contributed by atoms with Crippen LogP contribution in [0, 0.1) is 0 Å². The maximum Gasteiger partial charge on any atom is 0.227 e. The van der Waals surface area contributed by atoms with Gasteiger partial charge in [-0.15, -0.1) is 0 Å². The molecule has 138 valence electrons. The predicted molar refractivity (Wildman–Crippen MR) is 95.2 cm³/mol. The first kappa shape index (κ1) is 18.0. The van der Waals surface area contributed by atoms with E-state index in [1.165, 1.54) is 0 Å². The summed E-state index contributed by atoms with van der Waals surface area (Å²) in [7, 11) is 1.72. The number of benzene rings is 1. The van der Waals surface area contributed by atoms with Gasteiger partial charge < -0.3 is 19.1 Å². The molecule has 0 radical (unpaired) electrons. The summed E-state index contributed by atoms with van der Waals surface area (Å²) in [5.74, 6) is 1.67. The van der Waals surface area contributed by atoms with Crippen LogP contribution in [0.3, 0.4) is 0 Å². The Morgan fingerprint density at radius 1 is 1.16 bits per heavy atom. The van der Waals surface area contributed by atoms with Crippen molar-refractivity contribution in [2.75, 3.05) is 46.6 Å². The largest absolute Gasteiger partial charge is 0.486 e. The zero-order valence-corrected chi connectivity index (χ0v) is 15.4. The molecule has 2 unspecified atom stereocenters. The summed E-state index contributed by atoms with van der Waals surface area (Å²) < 4.78 is 16.3. The highest BCUT2D eigenvalue weighted by molar-refractivity contribution is 5.79. The number of hydrogen-bond donors (Lipinski definition) is 0. The number of amides is 1. The Hall–Kier alpha value is -1.79. The van der Waals surface area contributed by atoms with Crippen molar-refractivity contribution in [3.05, 3.63) is 23.8 Å². The molecule has 0 bridgehead atoms. The van der Waals surface area contributed by atoms with Crippen LogP contribution in [-0.4, -0.2) is 74.4 Å². The van der Waals surface area contributed by atoms with E-state index in [1.807, 2.05) is 23.1 Å². The highest BCUT2D eigenvalue weighted by atomic mass is 16.6. The molecule has 2 heterocycles. The van der Waals surface area contributed by atoms with Crippen LogP contribution in [0.25, 0.3) is 0 Å². The third-order valence-corrected chi connectivity index (χ3v) is 4.97. The molecule has 0 spiro atoms. The smallest absolute Gasteiger partial charge is 0.227 e. The molecule has 0 N–H and O–H groups in total. The Labute approximate surface area is 149 Å². The fourth-order valence-electron chi connectivity index (χ4n) is 3.68. The second-order valence-corrected chi connectivity index (χ2v) is 6.88. The maximum absolute atomic E-state index is 12.8. The number of ether oxygens (including phenoxy) is 3. The van der Waals surface area contributed by atoms with Crippen molar-refractivity contribution in [1.82, 2.24) is 9.80 Å². The third-order valence-electron chi connectivity index (χ3n) is 4.97. The fourth-order valence-corrected chi connectivity index (χ4v) is 3.68. The topological polar surface area (TPSA) is 51.2 Å². The van der Waals surface area contributed by atoms with E-state index in [1.54, 1.807) is 7.11 Å². The van der Waals surface area contributed by atoms with Gasteiger partial charge in [0.05, 0.1) is 13.0 Å². The third kappa shape index (κ3) is 4.25. The van der Waals surface area contributed by atoms with E-state index in [-0.39, 0.29) is 5.91 Å². The lowest BCUT2D eigenvalue weighted by atomic mass is 10.1. The number of carbonyl (C=O) groups is 1. The molecule has 2 aliphatic rings. The summed E-state index contributed by atoms with van der Waals surface area (Å²) in [5.41, 5.74) is 0.969. The number of hydrogen-bond acceptors (Lipinski definition) is 5. The highest BCUT2D eigenvalue weighted by Crippen LogP contribution is 2.31. The average molecular weight is 348 g/mol. The predicted octanol–water partition coefficient (Wildman–Crippen LogP) is 1.57. The number of methoxy groups -OCH3 is 1. The molecule has 0 saturated carbocycles. The Morgan fingerprint density at radius 3 is 2.52 bits per heavy atom. The molecule has 2 atom stereocenters. The van der Waals surface area contributed by atoms with E-state index < -0.39 is 0 Å². The summed E-state index contributed by atoms with van der Waals surface area (Å²) in [6.07, 6.45) is 0.397. The van der Waals surface area contributed by atoms with Gasteiger partial charge in [0, 0.05) is 38.8 Å².